The highest BCUT2D eigenvalue weighted by molar-refractivity contribution is 6.36. The molecule has 0 saturated carbocycles. The van der Waals surface area contributed by atoms with Crippen molar-refractivity contribution in [3.8, 4) is 0 Å². The summed E-state index contributed by atoms with van der Waals surface area (Å²) in [5.74, 6) is 0.384. The van der Waals surface area contributed by atoms with Gasteiger partial charge < -0.3 is 4.90 Å². The number of benzene rings is 1. The molecule has 0 aromatic heterocycles. The number of ketones is 1. The van der Waals surface area contributed by atoms with Gasteiger partial charge in [-0.25, -0.2) is 0 Å². The average Bonchev–Trinajstić information content (AvgIpc) is 2.28. The molecule has 0 N–H and O–H groups in total. The number of anilines is 1. The van der Waals surface area contributed by atoms with Gasteiger partial charge in [-0.05, 0) is 25.1 Å². The largest absolute Gasteiger partial charge is 0.366 e. The van der Waals surface area contributed by atoms with Crippen LogP contribution in [-0.4, -0.2) is 18.4 Å². The van der Waals surface area contributed by atoms with Crippen molar-refractivity contribution in [3.05, 3.63) is 28.2 Å². The minimum Gasteiger partial charge on any atom is -0.366 e. The Labute approximate surface area is 112 Å². The van der Waals surface area contributed by atoms with E-state index in [0.717, 1.165) is 12.2 Å². The van der Waals surface area contributed by atoms with E-state index in [-0.39, 0.29) is 12.0 Å². The lowest BCUT2D eigenvalue weighted by molar-refractivity contribution is -0.123. The Morgan fingerprint density at radius 1 is 1.29 bits per heavy atom. The number of carbonyl (C=O) groups is 1. The first kappa shape index (κ1) is 12.7. The summed E-state index contributed by atoms with van der Waals surface area (Å²) < 4.78 is 0. The predicted octanol–water partition coefficient (Wildman–Crippen LogP) is 3.80. The van der Waals surface area contributed by atoms with Crippen LogP contribution in [0.3, 0.4) is 0 Å². The lowest BCUT2D eigenvalue weighted by Gasteiger charge is -2.39. The van der Waals surface area contributed by atoms with E-state index < -0.39 is 0 Å². The van der Waals surface area contributed by atoms with E-state index in [4.69, 9.17) is 23.2 Å². The molecule has 0 amide bonds. The van der Waals surface area contributed by atoms with Crippen LogP contribution in [0.4, 0.5) is 5.69 Å². The van der Waals surface area contributed by atoms with E-state index in [1.54, 1.807) is 6.07 Å². The molecule has 92 valence electrons. The van der Waals surface area contributed by atoms with Gasteiger partial charge in [0.1, 0.15) is 5.78 Å². The number of carbonyl (C=O) groups excluding carboxylic acids is 1. The third-order valence-corrected chi connectivity index (χ3v) is 4.08. The summed E-state index contributed by atoms with van der Waals surface area (Å²) in [7, 11) is 0. The van der Waals surface area contributed by atoms with E-state index in [0.29, 0.717) is 22.2 Å². The highest BCUT2D eigenvalue weighted by Crippen LogP contribution is 2.33. The summed E-state index contributed by atoms with van der Waals surface area (Å²) in [5.41, 5.74) is 0.961. The Balaban J connectivity index is 2.31. The van der Waals surface area contributed by atoms with Crippen LogP contribution in [0.1, 0.15) is 20.3 Å². The van der Waals surface area contributed by atoms with Crippen molar-refractivity contribution < 1.29 is 4.79 Å². The fourth-order valence-electron chi connectivity index (χ4n) is 2.25. The molecule has 17 heavy (non-hydrogen) atoms. The molecular formula is C13H15Cl2NO. The van der Waals surface area contributed by atoms with Gasteiger partial charge in [0.25, 0.3) is 0 Å². The molecule has 2 rings (SSSR count). The Morgan fingerprint density at radius 3 is 2.65 bits per heavy atom. The molecule has 2 atom stereocenters. The molecule has 1 saturated heterocycles. The van der Waals surface area contributed by atoms with Crippen LogP contribution in [0.2, 0.25) is 10.0 Å². The van der Waals surface area contributed by atoms with Gasteiger partial charge in [0.2, 0.25) is 0 Å². The summed E-state index contributed by atoms with van der Waals surface area (Å²) in [6, 6.07) is 5.67. The first-order chi connectivity index (χ1) is 8.00. The van der Waals surface area contributed by atoms with Crippen LogP contribution in [-0.2, 0) is 4.79 Å². The topological polar surface area (TPSA) is 20.3 Å². The van der Waals surface area contributed by atoms with E-state index in [2.05, 4.69) is 11.8 Å². The molecule has 1 aromatic carbocycles. The van der Waals surface area contributed by atoms with Crippen molar-refractivity contribution >= 4 is 34.7 Å². The second-order valence-corrected chi connectivity index (χ2v) is 5.38. The van der Waals surface area contributed by atoms with E-state index in [1.165, 1.54) is 0 Å². The predicted molar refractivity (Wildman–Crippen MR) is 72.1 cm³/mol. The minimum absolute atomic E-state index is 0.0514. The van der Waals surface area contributed by atoms with Gasteiger partial charge in [0.05, 0.1) is 10.7 Å². The zero-order valence-corrected chi connectivity index (χ0v) is 11.4. The van der Waals surface area contributed by atoms with Gasteiger partial charge in [-0.2, -0.15) is 0 Å². The average molecular weight is 272 g/mol. The second kappa shape index (κ2) is 4.87. The van der Waals surface area contributed by atoms with Crippen LogP contribution >= 0.6 is 23.2 Å². The summed E-state index contributed by atoms with van der Waals surface area (Å²) in [6.45, 7) is 4.77. The number of halogens is 2. The van der Waals surface area contributed by atoms with Crippen molar-refractivity contribution in [1.29, 1.82) is 0 Å². The third kappa shape index (κ3) is 2.43. The van der Waals surface area contributed by atoms with Crippen LogP contribution in [0.15, 0.2) is 18.2 Å². The second-order valence-electron chi connectivity index (χ2n) is 4.53. The molecule has 1 aliphatic rings. The Bertz CT molecular complexity index is 447. The number of rotatable bonds is 1. The fourth-order valence-corrected chi connectivity index (χ4v) is 2.77. The third-order valence-electron chi connectivity index (χ3n) is 3.54. The van der Waals surface area contributed by atoms with Gasteiger partial charge >= 0.3 is 0 Å². The number of Topliss-reactive ketones (excluding diaryl/α,β-unsaturated/α-hetero) is 1. The lowest BCUT2D eigenvalue weighted by Crippen LogP contribution is -2.47. The smallest absolute Gasteiger partial charge is 0.139 e. The Morgan fingerprint density at radius 2 is 2.00 bits per heavy atom. The van der Waals surface area contributed by atoms with Crippen LogP contribution in [0.25, 0.3) is 0 Å². The highest BCUT2D eigenvalue weighted by Gasteiger charge is 2.31. The molecule has 4 heteroatoms. The molecule has 0 spiro atoms. The molecule has 0 radical (unpaired) electrons. The number of nitrogens with zero attached hydrogens (tertiary/aromatic N) is 1. The standard InChI is InChI=1S/C13H15Cl2NO/c1-8-9(2)16(6-5-13(8)17)12-4-3-10(14)7-11(12)15/h3-4,7-9H,5-6H2,1-2H3. The Kier molecular flexibility index (Phi) is 3.64. The fraction of sp³-hybridized carbons (Fsp3) is 0.462. The first-order valence-corrected chi connectivity index (χ1v) is 6.50. The number of piperidine rings is 1. The summed E-state index contributed by atoms with van der Waals surface area (Å²) >= 11 is 12.1. The summed E-state index contributed by atoms with van der Waals surface area (Å²) in [4.78, 5) is 13.8. The molecule has 1 fully saturated rings. The van der Waals surface area contributed by atoms with E-state index >= 15 is 0 Å². The van der Waals surface area contributed by atoms with Gasteiger partial charge in [0.15, 0.2) is 0 Å². The molecule has 1 heterocycles. The highest BCUT2D eigenvalue weighted by atomic mass is 35.5. The molecule has 1 aliphatic heterocycles. The molecule has 1 aromatic rings. The number of hydrogen-bond donors (Lipinski definition) is 0. The maximum atomic E-state index is 11.6. The SMILES string of the molecule is CC1C(=O)CCN(c2ccc(Cl)cc2Cl)C1C. The Hall–Kier alpha value is -0.730. The van der Waals surface area contributed by atoms with Crippen LogP contribution < -0.4 is 4.90 Å². The van der Waals surface area contributed by atoms with Gasteiger partial charge in [-0.15, -0.1) is 0 Å². The van der Waals surface area contributed by atoms with Crippen molar-refractivity contribution in [2.45, 2.75) is 26.3 Å². The number of hydrogen-bond acceptors (Lipinski definition) is 2. The molecule has 0 aliphatic carbocycles. The van der Waals surface area contributed by atoms with Crippen LogP contribution in [0, 0.1) is 5.92 Å². The summed E-state index contributed by atoms with van der Waals surface area (Å²) in [6.07, 6.45) is 0.588. The molecular weight excluding hydrogens is 257 g/mol. The molecule has 0 bridgehead atoms. The minimum atomic E-state index is 0.0514. The normalized spacial score (nSPS) is 25.2. The molecule has 2 nitrogen and oxygen atoms in total. The van der Waals surface area contributed by atoms with Gasteiger partial charge in [0, 0.05) is 29.9 Å². The summed E-state index contributed by atoms with van der Waals surface area (Å²) in [5, 5.41) is 1.28. The zero-order valence-electron chi connectivity index (χ0n) is 9.91. The monoisotopic (exact) mass is 271 g/mol. The quantitative estimate of drug-likeness (QED) is 0.775. The lowest BCUT2D eigenvalue weighted by atomic mass is 9.90. The van der Waals surface area contributed by atoms with Crippen molar-refractivity contribution in [3.63, 3.8) is 0 Å². The van der Waals surface area contributed by atoms with E-state index in [9.17, 15) is 4.79 Å². The molecule has 2 unspecified atom stereocenters. The maximum absolute atomic E-state index is 11.6. The van der Waals surface area contributed by atoms with E-state index in [1.807, 2.05) is 19.1 Å². The first-order valence-electron chi connectivity index (χ1n) is 5.75. The van der Waals surface area contributed by atoms with Crippen LogP contribution in [0.5, 0.6) is 0 Å². The van der Waals surface area contributed by atoms with Crippen molar-refractivity contribution in [2.24, 2.45) is 5.92 Å². The zero-order chi connectivity index (χ0) is 12.6. The van der Waals surface area contributed by atoms with Gasteiger partial charge in [-0.3, -0.25) is 4.79 Å². The van der Waals surface area contributed by atoms with Crippen molar-refractivity contribution in [1.82, 2.24) is 0 Å². The van der Waals surface area contributed by atoms with Crippen molar-refractivity contribution in [2.75, 3.05) is 11.4 Å². The van der Waals surface area contributed by atoms with Gasteiger partial charge in [-0.1, -0.05) is 30.1 Å². The maximum Gasteiger partial charge on any atom is 0.139 e.